The summed E-state index contributed by atoms with van der Waals surface area (Å²) in [7, 11) is -2.05. The summed E-state index contributed by atoms with van der Waals surface area (Å²) in [4.78, 5) is 0. The van der Waals surface area contributed by atoms with Gasteiger partial charge in [0.2, 0.25) is 0 Å². The van der Waals surface area contributed by atoms with E-state index in [1.165, 1.54) is 38.5 Å². The van der Waals surface area contributed by atoms with E-state index in [0.717, 1.165) is 38.5 Å². The summed E-state index contributed by atoms with van der Waals surface area (Å²) in [6.45, 7) is 8.84. The second kappa shape index (κ2) is 9.10. The zero-order valence-corrected chi connectivity index (χ0v) is 17.2. The largest absolute Gasteiger partial charge is 0.698 e. The first-order valence-electron chi connectivity index (χ1n) is 10.4. The first-order chi connectivity index (χ1) is 11.6. The quantitative estimate of drug-likeness (QED) is 0.432. The normalized spacial score (nSPS) is 38.1. The molecule has 2 saturated carbocycles. The minimum Gasteiger partial charge on any atom is -0.112 e. The molecule has 0 aliphatic heterocycles. The van der Waals surface area contributed by atoms with Crippen molar-refractivity contribution in [2.45, 2.75) is 116 Å². The Morgan fingerprint density at radius 2 is 1.21 bits per heavy atom. The lowest BCUT2D eigenvalue weighted by molar-refractivity contribution is -0.0720. The average molecular weight is 357 g/mol. The molecule has 0 saturated heterocycles. The highest BCUT2D eigenvalue weighted by molar-refractivity contribution is 7.33. The van der Waals surface area contributed by atoms with E-state index in [-0.39, 0.29) is 11.2 Å². The van der Waals surface area contributed by atoms with Gasteiger partial charge in [-0.25, -0.2) is 0 Å². The molecule has 4 unspecified atom stereocenters. The van der Waals surface area contributed by atoms with E-state index < -0.39 is 8.25 Å². The highest BCUT2D eigenvalue weighted by atomic mass is 31.1. The Morgan fingerprint density at radius 1 is 0.792 bits per heavy atom. The SMILES string of the molecule is CCC1CCCCC1(CC)O[P+](=O)OC1(CC)CCCCC1CC. The zero-order valence-electron chi connectivity index (χ0n) is 16.3. The van der Waals surface area contributed by atoms with Crippen molar-refractivity contribution in [1.82, 2.24) is 0 Å². The van der Waals surface area contributed by atoms with Gasteiger partial charge in [-0.05, 0) is 50.4 Å². The van der Waals surface area contributed by atoms with Gasteiger partial charge in [-0.15, -0.1) is 9.05 Å². The summed E-state index contributed by atoms with van der Waals surface area (Å²) in [5.41, 5.74) is -0.461. The summed E-state index contributed by atoms with van der Waals surface area (Å²) < 4.78 is 25.4. The van der Waals surface area contributed by atoms with Crippen LogP contribution in [0.3, 0.4) is 0 Å². The summed E-state index contributed by atoms with van der Waals surface area (Å²) in [6.07, 6.45) is 13.5. The third-order valence-electron chi connectivity index (χ3n) is 6.99. The van der Waals surface area contributed by atoms with Crippen LogP contribution in [0.5, 0.6) is 0 Å². The number of hydrogen-bond donors (Lipinski definition) is 0. The summed E-state index contributed by atoms with van der Waals surface area (Å²) in [5, 5.41) is 0. The van der Waals surface area contributed by atoms with Gasteiger partial charge in [0.05, 0.1) is 0 Å². The molecule has 2 aliphatic rings. The standard InChI is InChI=1S/C20H38O3P/c1-5-17-13-9-11-15-19(17,7-3)22-24(21)23-20(8-4)16-12-10-14-18(20)6-2/h17-18H,5-16H2,1-4H3/q+1. The molecule has 2 rings (SSSR count). The van der Waals surface area contributed by atoms with Crippen molar-refractivity contribution >= 4 is 8.25 Å². The van der Waals surface area contributed by atoms with E-state index in [0.29, 0.717) is 11.8 Å². The van der Waals surface area contributed by atoms with Crippen LogP contribution in [0.2, 0.25) is 0 Å². The molecular formula is C20H38O3P+. The fraction of sp³-hybridized carbons (Fsp3) is 1.00. The predicted octanol–water partition coefficient (Wildman–Crippen LogP) is 7.18. The van der Waals surface area contributed by atoms with E-state index in [2.05, 4.69) is 27.7 Å². The topological polar surface area (TPSA) is 35.5 Å². The first-order valence-corrected chi connectivity index (χ1v) is 11.5. The lowest BCUT2D eigenvalue weighted by Crippen LogP contribution is -2.43. The minimum atomic E-state index is -2.05. The van der Waals surface area contributed by atoms with Crippen LogP contribution in [-0.2, 0) is 13.6 Å². The monoisotopic (exact) mass is 357 g/mol. The van der Waals surface area contributed by atoms with Crippen molar-refractivity contribution < 1.29 is 13.6 Å². The van der Waals surface area contributed by atoms with Gasteiger partial charge >= 0.3 is 8.25 Å². The predicted molar refractivity (Wildman–Crippen MR) is 100 cm³/mol. The van der Waals surface area contributed by atoms with Crippen molar-refractivity contribution in [2.75, 3.05) is 0 Å². The van der Waals surface area contributed by atoms with Crippen LogP contribution >= 0.6 is 8.25 Å². The molecule has 4 atom stereocenters. The average Bonchev–Trinajstić information content (AvgIpc) is 2.62. The van der Waals surface area contributed by atoms with Crippen LogP contribution in [0, 0.1) is 11.8 Å². The molecule has 0 aromatic carbocycles. The summed E-state index contributed by atoms with van der Waals surface area (Å²) in [5.74, 6) is 1.04. The molecule has 0 amide bonds. The van der Waals surface area contributed by atoms with Crippen LogP contribution in [0.4, 0.5) is 0 Å². The molecule has 0 bridgehead atoms. The van der Waals surface area contributed by atoms with Gasteiger partial charge in [0.25, 0.3) is 0 Å². The Labute approximate surface area is 150 Å². The smallest absolute Gasteiger partial charge is 0.112 e. The zero-order chi connectivity index (χ0) is 17.6. The lowest BCUT2D eigenvalue weighted by atomic mass is 9.73. The van der Waals surface area contributed by atoms with Gasteiger partial charge < -0.3 is 0 Å². The molecule has 0 N–H and O–H groups in total. The maximum atomic E-state index is 12.9. The molecule has 0 aromatic rings. The van der Waals surface area contributed by atoms with Crippen LogP contribution in [0.25, 0.3) is 0 Å². The Bertz CT molecular complexity index is 378. The van der Waals surface area contributed by atoms with Gasteiger partial charge in [-0.3, -0.25) is 0 Å². The van der Waals surface area contributed by atoms with Crippen molar-refractivity contribution in [3.63, 3.8) is 0 Å². The maximum Gasteiger partial charge on any atom is 0.698 e. The Balaban J connectivity index is 2.09. The third-order valence-corrected chi connectivity index (χ3v) is 8.01. The van der Waals surface area contributed by atoms with E-state index >= 15 is 0 Å². The van der Waals surface area contributed by atoms with Gasteiger partial charge in [0, 0.05) is 4.57 Å². The fourth-order valence-corrected chi connectivity index (χ4v) is 6.70. The second-order valence-corrected chi connectivity index (χ2v) is 8.76. The van der Waals surface area contributed by atoms with Gasteiger partial charge in [0.1, 0.15) is 11.2 Å². The van der Waals surface area contributed by atoms with Crippen LogP contribution < -0.4 is 0 Å². The van der Waals surface area contributed by atoms with E-state index in [1.807, 2.05) is 0 Å². The van der Waals surface area contributed by atoms with E-state index in [9.17, 15) is 4.57 Å². The molecule has 2 aliphatic carbocycles. The van der Waals surface area contributed by atoms with Gasteiger partial charge in [0.15, 0.2) is 0 Å². The third kappa shape index (κ3) is 4.22. The molecule has 24 heavy (non-hydrogen) atoms. The second-order valence-electron chi connectivity index (χ2n) is 7.94. The Morgan fingerprint density at radius 3 is 1.54 bits per heavy atom. The summed E-state index contributed by atoms with van der Waals surface area (Å²) in [6, 6.07) is 0. The summed E-state index contributed by atoms with van der Waals surface area (Å²) >= 11 is 0. The molecule has 4 heteroatoms. The lowest BCUT2D eigenvalue weighted by Gasteiger charge is -2.40. The van der Waals surface area contributed by atoms with Crippen LogP contribution in [0.15, 0.2) is 0 Å². The molecule has 0 aromatic heterocycles. The molecule has 0 radical (unpaired) electrons. The highest BCUT2D eigenvalue weighted by Gasteiger charge is 2.52. The van der Waals surface area contributed by atoms with Crippen LogP contribution in [-0.4, -0.2) is 11.2 Å². The molecule has 0 heterocycles. The van der Waals surface area contributed by atoms with Crippen molar-refractivity contribution in [3.8, 4) is 0 Å². The van der Waals surface area contributed by atoms with Crippen LogP contribution in [0.1, 0.15) is 105 Å². The molecule has 0 spiro atoms. The molecular weight excluding hydrogens is 319 g/mol. The van der Waals surface area contributed by atoms with Crippen molar-refractivity contribution in [3.05, 3.63) is 0 Å². The van der Waals surface area contributed by atoms with Gasteiger partial charge in [-0.1, -0.05) is 66.2 Å². The van der Waals surface area contributed by atoms with E-state index in [1.54, 1.807) is 0 Å². The fourth-order valence-electron chi connectivity index (χ4n) is 5.33. The first kappa shape index (κ1) is 20.3. The molecule has 2 fully saturated rings. The van der Waals surface area contributed by atoms with Gasteiger partial charge in [-0.2, -0.15) is 0 Å². The van der Waals surface area contributed by atoms with Crippen molar-refractivity contribution in [1.29, 1.82) is 0 Å². The van der Waals surface area contributed by atoms with E-state index in [4.69, 9.17) is 9.05 Å². The number of rotatable bonds is 8. The molecule has 3 nitrogen and oxygen atoms in total. The maximum absolute atomic E-state index is 12.9. The highest BCUT2D eigenvalue weighted by Crippen LogP contribution is 2.52. The Kier molecular flexibility index (Phi) is 7.71. The minimum absolute atomic E-state index is 0.230. The Hall–Kier alpha value is 0.0200. The number of hydrogen-bond acceptors (Lipinski definition) is 3. The molecule has 140 valence electrons. The van der Waals surface area contributed by atoms with Crippen molar-refractivity contribution in [2.24, 2.45) is 11.8 Å².